The van der Waals surface area contributed by atoms with Gasteiger partial charge < -0.3 is 15.2 Å². The lowest BCUT2D eigenvalue weighted by Crippen LogP contribution is -2.31. The van der Waals surface area contributed by atoms with Crippen molar-refractivity contribution >= 4 is 0 Å². The average molecular weight is 265 g/mol. The zero-order valence-electron chi connectivity index (χ0n) is 12.8. The largest absolute Gasteiger partial charge is 0.490 e. The summed E-state index contributed by atoms with van der Waals surface area (Å²) in [6, 6.07) is 6.58. The maximum absolute atomic E-state index is 10.0. The molecule has 1 rings (SSSR count). The van der Waals surface area contributed by atoms with Gasteiger partial charge in [0.25, 0.3) is 0 Å². The summed E-state index contributed by atoms with van der Waals surface area (Å²) in [6.07, 6.45) is 0.679. The average Bonchev–Trinajstić information content (AvgIpc) is 2.35. The van der Waals surface area contributed by atoms with Gasteiger partial charge in [-0.3, -0.25) is 0 Å². The molecule has 0 aliphatic carbocycles. The highest BCUT2D eigenvalue weighted by atomic mass is 16.5. The number of hydrogen-bond acceptors (Lipinski definition) is 3. The molecule has 108 valence electrons. The molecule has 0 saturated heterocycles. The Kier molecular flexibility index (Phi) is 5.83. The normalized spacial score (nSPS) is 14.5. The van der Waals surface area contributed by atoms with Gasteiger partial charge in [-0.05, 0) is 25.8 Å². The van der Waals surface area contributed by atoms with Crippen molar-refractivity contribution in [3.8, 4) is 5.75 Å². The Morgan fingerprint density at radius 2 is 2.05 bits per heavy atom. The first-order chi connectivity index (χ1) is 8.85. The van der Waals surface area contributed by atoms with Gasteiger partial charge in [-0.1, -0.05) is 39.0 Å². The molecule has 0 fully saturated rings. The van der Waals surface area contributed by atoms with E-state index in [2.05, 4.69) is 25.2 Å². The number of ether oxygens (including phenoxy) is 1. The predicted molar refractivity (Wildman–Crippen MR) is 79.6 cm³/mol. The summed E-state index contributed by atoms with van der Waals surface area (Å²) < 4.78 is 5.87. The van der Waals surface area contributed by atoms with Crippen molar-refractivity contribution in [1.82, 2.24) is 5.32 Å². The molecular weight excluding hydrogens is 238 g/mol. The molecule has 2 N–H and O–H groups in total. The Hall–Kier alpha value is -1.06. The van der Waals surface area contributed by atoms with Crippen molar-refractivity contribution in [3.63, 3.8) is 0 Å². The van der Waals surface area contributed by atoms with Crippen molar-refractivity contribution in [2.75, 3.05) is 6.61 Å². The summed E-state index contributed by atoms with van der Waals surface area (Å²) in [4.78, 5) is 0. The van der Waals surface area contributed by atoms with Crippen LogP contribution in [0, 0.1) is 6.92 Å². The minimum atomic E-state index is -0.773. The Balaban J connectivity index is 2.80. The maximum Gasteiger partial charge on any atom is 0.126 e. The number of hydrogen-bond donors (Lipinski definition) is 2. The number of nitrogens with one attached hydrogen (secondary N) is 1. The standard InChI is InChI=1S/C16H27NO2/c1-6-16(5,18)11-19-15-13(4)8-7-9-14(15)10-17-12(2)3/h7-9,12,17-18H,6,10-11H2,1-5H3. The van der Waals surface area contributed by atoms with Gasteiger partial charge in [0.05, 0.1) is 5.60 Å². The third-order valence-corrected chi connectivity index (χ3v) is 3.28. The first kappa shape index (κ1) is 16.0. The lowest BCUT2D eigenvalue weighted by Gasteiger charge is -2.23. The highest BCUT2D eigenvalue weighted by Gasteiger charge is 2.19. The van der Waals surface area contributed by atoms with E-state index in [9.17, 15) is 5.11 Å². The summed E-state index contributed by atoms with van der Waals surface area (Å²) in [5, 5.41) is 13.4. The molecule has 0 aliphatic heterocycles. The van der Waals surface area contributed by atoms with Gasteiger partial charge in [-0.2, -0.15) is 0 Å². The molecule has 3 heteroatoms. The van der Waals surface area contributed by atoms with Crippen LogP contribution in [0.25, 0.3) is 0 Å². The van der Waals surface area contributed by atoms with E-state index in [1.807, 2.05) is 26.0 Å². The SMILES string of the molecule is CCC(C)(O)COc1c(C)cccc1CNC(C)C. The van der Waals surface area contributed by atoms with Gasteiger partial charge in [0.2, 0.25) is 0 Å². The lowest BCUT2D eigenvalue weighted by atomic mass is 10.1. The molecule has 0 saturated carbocycles. The number of rotatable bonds is 7. The van der Waals surface area contributed by atoms with E-state index in [0.29, 0.717) is 19.1 Å². The highest BCUT2D eigenvalue weighted by molar-refractivity contribution is 5.40. The molecule has 0 bridgehead atoms. The second kappa shape index (κ2) is 6.92. The number of aryl methyl sites for hydroxylation is 1. The van der Waals surface area contributed by atoms with Crippen LogP contribution in [0.5, 0.6) is 5.75 Å². The fraction of sp³-hybridized carbons (Fsp3) is 0.625. The Morgan fingerprint density at radius 1 is 1.37 bits per heavy atom. The minimum Gasteiger partial charge on any atom is -0.490 e. The van der Waals surface area contributed by atoms with Crippen LogP contribution in [0.15, 0.2) is 18.2 Å². The van der Waals surface area contributed by atoms with Crippen LogP contribution in [0.1, 0.15) is 45.2 Å². The third-order valence-electron chi connectivity index (χ3n) is 3.28. The quantitative estimate of drug-likeness (QED) is 0.796. The molecule has 1 unspecified atom stereocenters. The monoisotopic (exact) mass is 265 g/mol. The fourth-order valence-corrected chi connectivity index (χ4v) is 1.70. The van der Waals surface area contributed by atoms with Crippen LogP contribution in [0.3, 0.4) is 0 Å². The van der Waals surface area contributed by atoms with Crippen molar-refractivity contribution < 1.29 is 9.84 Å². The van der Waals surface area contributed by atoms with E-state index in [-0.39, 0.29) is 0 Å². The van der Waals surface area contributed by atoms with Gasteiger partial charge in [-0.15, -0.1) is 0 Å². The maximum atomic E-state index is 10.0. The van der Waals surface area contributed by atoms with Crippen molar-refractivity contribution in [1.29, 1.82) is 0 Å². The first-order valence-corrected chi connectivity index (χ1v) is 7.03. The summed E-state index contributed by atoms with van der Waals surface area (Å²) in [5.41, 5.74) is 1.47. The van der Waals surface area contributed by atoms with Crippen LogP contribution in [-0.2, 0) is 6.54 Å². The molecule has 1 atom stereocenters. The highest BCUT2D eigenvalue weighted by Crippen LogP contribution is 2.25. The number of benzene rings is 1. The van der Waals surface area contributed by atoms with E-state index >= 15 is 0 Å². The van der Waals surface area contributed by atoms with Gasteiger partial charge >= 0.3 is 0 Å². The second-order valence-corrected chi connectivity index (χ2v) is 5.74. The molecule has 0 spiro atoms. The van der Waals surface area contributed by atoms with Gasteiger partial charge in [0.1, 0.15) is 12.4 Å². The van der Waals surface area contributed by atoms with Crippen LogP contribution >= 0.6 is 0 Å². The van der Waals surface area contributed by atoms with Crippen LogP contribution in [-0.4, -0.2) is 23.4 Å². The minimum absolute atomic E-state index is 0.322. The first-order valence-electron chi connectivity index (χ1n) is 7.03. The Morgan fingerprint density at radius 3 is 2.63 bits per heavy atom. The predicted octanol–water partition coefficient (Wildman–Crippen LogP) is 3.03. The summed E-state index contributed by atoms with van der Waals surface area (Å²) in [6.45, 7) is 11.1. The van der Waals surface area contributed by atoms with E-state index in [4.69, 9.17) is 4.74 Å². The van der Waals surface area contributed by atoms with Crippen LogP contribution < -0.4 is 10.1 Å². The molecule has 0 amide bonds. The topological polar surface area (TPSA) is 41.5 Å². The van der Waals surface area contributed by atoms with Crippen molar-refractivity contribution in [3.05, 3.63) is 29.3 Å². The smallest absolute Gasteiger partial charge is 0.126 e. The second-order valence-electron chi connectivity index (χ2n) is 5.74. The van der Waals surface area contributed by atoms with Crippen LogP contribution in [0.2, 0.25) is 0 Å². The van der Waals surface area contributed by atoms with Gasteiger partial charge in [0.15, 0.2) is 0 Å². The van der Waals surface area contributed by atoms with Gasteiger partial charge in [-0.25, -0.2) is 0 Å². The van der Waals surface area contributed by atoms with Crippen molar-refractivity contribution in [2.24, 2.45) is 0 Å². The molecule has 3 nitrogen and oxygen atoms in total. The third kappa shape index (κ3) is 5.21. The molecular formula is C16H27NO2. The summed E-state index contributed by atoms with van der Waals surface area (Å²) >= 11 is 0. The molecule has 0 heterocycles. The zero-order chi connectivity index (χ0) is 14.5. The number of aliphatic hydroxyl groups is 1. The van der Waals surface area contributed by atoms with E-state index in [0.717, 1.165) is 23.4 Å². The fourth-order valence-electron chi connectivity index (χ4n) is 1.70. The number of para-hydroxylation sites is 1. The molecule has 1 aromatic rings. The van der Waals surface area contributed by atoms with E-state index in [1.165, 1.54) is 0 Å². The van der Waals surface area contributed by atoms with E-state index in [1.54, 1.807) is 6.92 Å². The molecule has 0 aliphatic rings. The zero-order valence-corrected chi connectivity index (χ0v) is 12.8. The van der Waals surface area contributed by atoms with E-state index < -0.39 is 5.60 Å². The summed E-state index contributed by atoms with van der Waals surface area (Å²) in [7, 11) is 0. The molecule has 1 aromatic carbocycles. The Bertz CT molecular complexity index is 400. The lowest BCUT2D eigenvalue weighted by molar-refractivity contribution is 0.00795. The molecule has 0 radical (unpaired) electrons. The molecule has 19 heavy (non-hydrogen) atoms. The van der Waals surface area contributed by atoms with Crippen molar-refractivity contribution in [2.45, 2.75) is 59.2 Å². The molecule has 0 aromatic heterocycles. The Labute approximate surface area is 117 Å². The summed E-state index contributed by atoms with van der Waals surface area (Å²) in [5.74, 6) is 0.893. The van der Waals surface area contributed by atoms with Gasteiger partial charge in [0, 0.05) is 18.2 Å². The van der Waals surface area contributed by atoms with Crippen LogP contribution in [0.4, 0.5) is 0 Å².